The van der Waals surface area contributed by atoms with Crippen molar-refractivity contribution >= 4 is 11.5 Å². The first kappa shape index (κ1) is 8.98. The minimum Gasteiger partial charge on any atom is -0.383 e. The zero-order chi connectivity index (χ0) is 11.1. The van der Waals surface area contributed by atoms with Crippen LogP contribution in [-0.2, 0) is 0 Å². The summed E-state index contributed by atoms with van der Waals surface area (Å²) >= 11 is 0. The molecule has 4 heteroatoms. The highest BCUT2D eigenvalue weighted by Crippen LogP contribution is 2.35. The van der Waals surface area contributed by atoms with Gasteiger partial charge in [-0.25, -0.2) is 4.99 Å². The number of nitrogens with two attached hydrogens (primary N) is 1. The molecule has 0 unspecified atom stereocenters. The van der Waals surface area contributed by atoms with Crippen LogP contribution in [-0.4, -0.2) is 12.4 Å². The van der Waals surface area contributed by atoms with E-state index in [4.69, 9.17) is 11.0 Å². The largest absolute Gasteiger partial charge is 0.383 e. The molecule has 1 aromatic carbocycles. The van der Waals surface area contributed by atoms with E-state index in [2.05, 4.69) is 16.0 Å². The zero-order valence-electron chi connectivity index (χ0n) is 8.64. The quantitative estimate of drug-likeness (QED) is 0.703. The van der Waals surface area contributed by atoms with Gasteiger partial charge in [-0.3, -0.25) is 0 Å². The predicted octanol–water partition coefficient (Wildman–Crippen LogP) is 1.35. The molecule has 0 radical (unpaired) electrons. The molecule has 0 aromatic heterocycles. The summed E-state index contributed by atoms with van der Waals surface area (Å²) in [7, 11) is 0. The number of nitriles is 1. The van der Waals surface area contributed by atoms with Gasteiger partial charge in [0.15, 0.2) is 0 Å². The predicted molar refractivity (Wildman–Crippen MR) is 61.8 cm³/mol. The average molecular weight is 210 g/mol. The van der Waals surface area contributed by atoms with Crippen molar-refractivity contribution in [3.8, 4) is 6.07 Å². The topological polar surface area (TPSA) is 65.4 Å². The molecule has 2 heterocycles. The molecule has 0 atom stereocenters. The lowest BCUT2D eigenvalue weighted by atomic mass is 10.1. The molecule has 0 saturated heterocycles. The van der Waals surface area contributed by atoms with E-state index in [9.17, 15) is 0 Å². The SMILES string of the molecule is N#CC1=C2N=C(N)c3ccccc3N2CC1. The number of hydrogen-bond acceptors (Lipinski definition) is 4. The van der Waals surface area contributed by atoms with Crippen molar-refractivity contribution in [2.24, 2.45) is 10.7 Å². The van der Waals surface area contributed by atoms with Crippen molar-refractivity contribution in [2.45, 2.75) is 6.42 Å². The third-order valence-electron chi connectivity index (χ3n) is 2.94. The van der Waals surface area contributed by atoms with Gasteiger partial charge in [0.25, 0.3) is 0 Å². The van der Waals surface area contributed by atoms with Crippen LogP contribution in [0.4, 0.5) is 5.69 Å². The van der Waals surface area contributed by atoms with Crippen LogP contribution in [0.1, 0.15) is 12.0 Å². The molecule has 0 aliphatic carbocycles. The smallest absolute Gasteiger partial charge is 0.149 e. The lowest BCUT2D eigenvalue weighted by Crippen LogP contribution is -2.28. The van der Waals surface area contributed by atoms with Gasteiger partial charge in [0, 0.05) is 18.5 Å². The van der Waals surface area contributed by atoms with Gasteiger partial charge in [-0.2, -0.15) is 5.26 Å². The van der Waals surface area contributed by atoms with Crippen LogP contribution in [0.2, 0.25) is 0 Å². The number of amidine groups is 1. The molecule has 1 aromatic rings. The summed E-state index contributed by atoms with van der Waals surface area (Å²) in [6.45, 7) is 0.812. The van der Waals surface area contributed by atoms with Crippen LogP contribution in [0.3, 0.4) is 0 Å². The lowest BCUT2D eigenvalue weighted by Gasteiger charge is -2.26. The Hall–Kier alpha value is -2.28. The first-order valence-electron chi connectivity index (χ1n) is 5.15. The van der Waals surface area contributed by atoms with Crippen molar-refractivity contribution < 1.29 is 0 Å². The van der Waals surface area contributed by atoms with Gasteiger partial charge >= 0.3 is 0 Å². The molecule has 3 rings (SSSR count). The molecule has 2 N–H and O–H groups in total. The van der Waals surface area contributed by atoms with Crippen LogP contribution >= 0.6 is 0 Å². The van der Waals surface area contributed by atoms with E-state index in [-0.39, 0.29) is 0 Å². The van der Waals surface area contributed by atoms with Crippen LogP contribution < -0.4 is 10.6 Å². The van der Waals surface area contributed by atoms with Crippen LogP contribution in [0.25, 0.3) is 0 Å². The molecule has 4 nitrogen and oxygen atoms in total. The van der Waals surface area contributed by atoms with Crippen molar-refractivity contribution in [3.05, 3.63) is 41.2 Å². The fourth-order valence-corrected chi connectivity index (χ4v) is 2.17. The Morgan fingerprint density at radius 1 is 1.38 bits per heavy atom. The van der Waals surface area contributed by atoms with Gasteiger partial charge in [-0.15, -0.1) is 0 Å². The van der Waals surface area contributed by atoms with E-state index < -0.39 is 0 Å². The molecule has 0 spiro atoms. The van der Waals surface area contributed by atoms with Crippen molar-refractivity contribution in [1.29, 1.82) is 5.26 Å². The lowest BCUT2D eigenvalue weighted by molar-refractivity contribution is 0.944. The standard InChI is InChI=1S/C12H10N4/c13-7-8-5-6-16-10-4-2-1-3-9(10)11(14)15-12(8)16/h1-4H,5-6H2,(H2,14,15). The van der Waals surface area contributed by atoms with Crippen LogP contribution in [0.5, 0.6) is 0 Å². The second-order valence-electron chi connectivity index (χ2n) is 3.83. The van der Waals surface area contributed by atoms with Gasteiger partial charge < -0.3 is 10.6 Å². The Balaban J connectivity index is 2.25. The van der Waals surface area contributed by atoms with E-state index >= 15 is 0 Å². The number of benzene rings is 1. The van der Waals surface area contributed by atoms with E-state index in [0.717, 1.165) is 35.6 Å². The minimum atomic E-state index is 0.497. The first-order chi connectivity index (χ1) is 7.81. The number of aliphatic imine (C=N–C) groups is 1. The maximum absolute atomic E-state index is 8.99. The molecular weight excluding hydrogens is 200 g/mol. The van der Waals surface area contributed by atoms with Gasteiger partial charge in [-0.1, -0.05) is 12.1 Å². The summed E-state index contributed by atoms with van der Waals surface area (Å²) in [6, 6.07) is 10.1. The van der Waals surface area contributed by atoms with E-state index in [1.807, 2.05) is 24.3 Å². The highest BCUT2D eigenvalue weighted by atomic mass is 15.3. The van der Waals surface area contributed by atoms with Gasteiger partial charge in [0.1, 0.15) is 11.7 Å². The molecule has 0 amide bonds. The molecule has 0 bridgehead atoms. The number of hydrogen-bond donors (Lipinski definition) is 1. The fraction of sp³-hybridized carbons (Fsp3) is 0.167. The molecular formula is C12H10N4. The summed E-state index contributed by atoms with van der Waals surface area (Å²) in [6.07, 6.45) is 0.747. The molecule has 78 valence electrons. The molecule has 16 heavy (non-hydrogen) atoms. The average Bonchev–Trinajstić information content (AvgIpc) is 2.72. The van der Waals surface area contributed by atoms with Crippen molar-refractivity contribution in [1.82, 2.24) is 0 Å². The van der Waals surface area contributed by atoms with E-state index in [1.165, 1.54) is 0 Å². The van der Waals surface area contributed by atoms with E-state index in [0.29, 0.717) is 5.84 Å². The highest BCUT2D eigenvalue weighted by Gasteiger charge is 2.29. The minimum absolute atomic E-state index is 0.497. The number of rotatable bonds is 0. The van der Waals surface area contributed by atoms with Gasteiger partial charge in [0.2, 0.25) is 0 Å². The van der Waals surface area contributed by atoms with Crippen molar-refractivity contribution in [3.63, 3.8) is 0 Å². The molecule has 0 saturated carbocycles. The molecule has 2 aliphatic heterocycles. The number of anilines is 1. The van der Waals surface area contributed by atoms with Crippen LogP contribution in [0, 0.1) is 11.3 Å². The summed E-state index contributed by atoms with van der Waals surface area (Å²) in [5, 5.41) is 8.99. The van der Waals surface area contributed by atoms with Crippen molar-refractivity contribution in [2.75, 3.05) is 11.4 Å². The Morgan fingerprint density at radius 2 is 2.19 bits per heavy atom. The first-order valence-corrected chi connectivity index (χ1v) is 5.15. The number of nitrogens with zero attached hydrogens (tertiary/aromatic N) is 3. The summed E-state index contributed by atoms with van der Waals surface area (Å²) < 4.78 is 0. The highest BCUT2D eigenvalue weighted by molar-refractivity contribution is 6.05. The van der Waals surface area contributed by atoms with E-state index in [1.54, 1.807) is 0 Å². The monoisotopic (exact) mass is 210 g/mol. The number of fused-ring (bicyclic) bond motifs is 3. The second kappa shape index (κ2) is 3.11. The fourth-order valence-electron chi connectivity index (χ4n) is 2.17. The Kier molecular flexibility index (Phi) is 1.74. The maximum Gasteiger partial charge on any atom is 0.149 e. The van der Waals surface area contributed by atoms with Crippen LogP contribution in [0.15, 0.2) is 40.7 Å². The third kappa shape index (κ3) is 1.06. The van der Waals surface area contributed by atoms with Gasteiger partial charge in [0.05, 0.1) is 17.3 Å². The zero-order valence-corrected chi connectivity index (χ0v) is 8.64. The molecule has 0 fully saturated rings. The Labute approximate surface area is 93.3 Å². The molecule has 2 aliphatic rings. The normalized spacial score (nSPS) is 17.7. The Bertz CT molecular complexity index is 563. The second-order valence-corrected chi connectivity index (χ2v) is 3.83. The summed E-state index contributed by atoms with van der Waals surface area (Å²) in [5.74, 6) is 1.22. The van der Waals surface area contributed by atoms with Gasteiger partial charge in [-0.05, 0) is 12.1 Å². The third-order valence-corrected chi connectivity index (χ3v) is 2.94. The Morgan fingerprint density at radius 3 is 3.00 bits per heavy atom. The maximum atomic E-state index is 8.99. The summed E-state index contributed by atoms with van der Waals surface area (Å²) in [4.78, 5) is 6.38. The number of para-hydroxylation sites is 1. The summed E-state index contributed by atoms with van der Waals surface area (Å²) in [5.41, 5.74) is 8.62.